The van der Waals surface area contributed by atoms with Gasteiger partial charge in [-0.1, -0.05) is 0 Å². The number of carbonyl (C=O) groups is 2. The second-order valence-electron chi connectivity index (χ2n) is 6.32. The van der Waals surface area contributed by atoms with Gasteiger partial charge in [-0.2, -0.15) is 0 Å². The maximum Gasteiger partial charge on any atom is 0.319 e. The highest BCUT2D eigenvalue weighted by Crippen LogP contribution is 2.40. The first kappa shape index (κ1) is 21.7. The van der Waals surface area contributed by atoms with Gasteiger partial charge in [0.05, 0.1) is 25.5 Å². The average Bonchev–Trinajstić information content (AvgIpc) is 3.07. The van der Waals surface area contributed by atoms with Crippen molar-refractivity contribution in [3.05, 3.63) is 12.1 Å². The van der Waals surface area contributed by atoms with Crippen LogP contribution in [0.25, 0.3) is 0 Å². The third-order valence-corrected chi connectivity index (χ3v) is 4.23. The molecule has 0 saturated carbocycles. The van der Waals surface area contributed by atoms with Crippen LogP contribution in [-0.2, 0) is 4.79 Å². The van der Waals surface area contributed by atoms with Crippen molar-refractivity contribution in [3.63, 3.8) is 0 Å². The first-order chi connectivity index (χ1) is 13.6. The number of hydrogen-bond acceptors (Lipinski definition) is 5. The number of benzene rings is 1. The minimum atomic E-state index is -0.318. The Balaban J connectivity index is 1.93. The van der Waals surface area contributed by atoms with Crippen LogP contribution in [-0.4, -0.2) is 56.3 Å². The molecular weight excluding hydrogens is 362 g/mol. The van der Waals surface area contributed by atoms with Crippen LogP contribution in [0.2, 0.25) is 0 Å². The molecule has 3 amide bonds. The number of anilines is 1. The van der Waals surface area contributed by atoms with Gasteiger partial charge in [0.15, 0.2) is 11.5 Å². The molecule has 1 saturated heterocycles. The van der Waals surface area contributed by atoms with Gasteiger partial charge >= 0.3 is 6.03 Å². The molecule has 8 heteroatoms. The second-order valence-corrected chi connectivity index (χ2v) is 6.32. The van der Waals surface area contributed by atoms with Crippen LogP contribution < -0.4 is 24.8 Å². The molecule has 1 fully saturated rings. The fourth-order valence-corrected chi connectivity index (χ4v) is 3.05. The van der Waals surface area contributed by atoms with Crippen molar-refractivity contribution in [1.29, 1.82) is 0 Å². The molecule has 1 aromatic rings. The number of likely N-dealkylation sites (tertiary alicyclic amines) is 1. The third-order valence-electron chi connectivity index (χ3n) is 4.23. The minimum absolute atomic E-state index is 0.200. The van der Waals surface area contributed by atoms with E-state index in [0.29, 0.717) is 62.3 Å². The van der Waals surface area contributed by atoms with Gasteiger partial charge in [-0.15, -0.1) is 0 Å². The third kappa shape index (κ3) is 6.21. The Hall–Kier alpha value is -2.64. The van der Waals surface area contributed by atoms with Crippen LogP contribution in [0.5, 0.6) is 17.2 Å². The number of hydrogen-bond donors (Lipinski definition) is 2. The molecular formula is C20H31N3O5. The molecule has 0 aromatic heterocycles. The zero-order chi connectivity index (χ0) is 20.4. The van der Waals surface area contributed by atoms with E-state index in [9.17, 15) is 9.59 Å². The van der Waals surface area contributed by atoms with Gasteiger partial charge in [0.2, 0.25) is 11.7 Å². The van der Waals surface area contributed by atoms with E-state index in [2.05, 4.69) is 10.6 Å². The van der Waals surface area contributed by atoms with Crippen molar-refractivity contribution in [1.82, 2.24) is 10.2 Å². The minimum Gasteiger partial charge on any atom is -0.490 e. The fraction of sp³-hybridized carbons (Fsp3) is 0.600. The molecule has 1 aromatic carbocycles. The highest BCUT2D eigenvalue weighted by atomic mass is 16.5. The number of amides is 3. The quantitative estimate of drug-likeness (QED) is 0.564. The monoisotopic (exact) mass is 393 g/mol. The summed E-state index contributed by atoms with van der Waals surface area (Å²) in [6, 6.07) is 3.13. The average molecular weight is 393 g/mol. The van der Waals surface area contributed by atoms with Crippen LogP contribution in [0.15, 0.2) is 12.1 Å². The molecule has 1 heterocycles. The van der Waals surface area contributed by atoms with Crippen molar-refractivity contribution in [2.75, 3.05) is 44.8 Å². The lowest BCUT2D eigenvalue weighted by Gasteiger charge is -2.18. The highest BCUT2D eigenvalue weighted by molar-refractivity contribution is 5.90. The van der Waals surface area contributed by atoms with E-state index in [1.807, 2.05) is 25.7 Å². The van der Waals surface area contributed by atoms with E-state index in [1.165, 1.54) is 0 Å². The Morgan fingerprint density at radius 1 is 1.07 bits per heavy atom. The number of nitrogens with zero attached hydrogens (tertiary/aromatic N) is 1. The molecule has 0 atom stereocenters. The molecule has 1 aliphatic rings. The molecule has 0 aliphatic carbocycles. The summed E-state index contributed by atoms with van der Waals surface area (Å²) in [5.74, 6) is 1.79. The Labute approximate surface area is 166 Å². The van der Waals surface area contributed by atoms with Crippen LogP contribution in [0.3, 0.4) is 0 Å². The molecule has 0 bridgehead atoms. The highest BCUT2D eigenvalue weighted by Gasteiger charge is 2.19. The molecule has 0 radical (unpaired) electrons. The van der Waals surface area contributed by atoms with Gasteiger partial charge in [0.1, 0.15) is 0 Å². The topological polar surface area (TPSA) is 89.1 Å². The van der Waals surface area contributed by atoms with Gasteiger partial charge in [-0.25, -0.2) is 4.79 Å². The van der Waals surface area contributed by atoms with Crippen molar-refractivity contribution in [3.8, 4) is 17.2 Å². The number of ether oxygens (including phenoxy) is 3. The summed E-state index contributed by atoms with van der Waals surface area (Å²) in [5, 5.41) is 5.61. The summed E-state index contributed by atoms with van der Waals surface area (Å²) < 4.78 is 17.0. The summed E-state index contributed by atoms with van der Waals surface area (Å²) in [6.07, 6.45) is 2.28. The van der Waals surface area contributed by atoms with Gasteiger partial charge in [0, 0.05) is 38.2 Å². The van der Waals surface area contributed by atoms with Crippen molar-refractivity contribution in [2.45, 2.75) is 40.0 Å². The van der Waals surface area contributed by atoms with Gasteiger partial charge < -0.3 is 29.7 Å². The van der Waals surface area contributed by atoms with Crippen LogP contribution in [0.1, 0.15) is 40.0 Å². The number of urea groups is 1. The summed E-state index contributed by atoms with van der Waals surface area (Å²) in [4.78, 5) is 25.6. The van der Waals surface area contributed by atoms with E-state index >= 15 is 0 Å². The van der Waals surface area contributed by atoms with Gasteiger partial charge in [-0.05, 0) is 33.6 Å². The first-order valence-corrected chi connectivity index (χ1v) is 9.98. The van der Waals surface area contributed by atoms with Crippen LogP contribution in [0.4, 0.5) is 10.5 Å². The lowest BCUT2D eigenvalue weighted by Crippen LogP contribution is -2.33. The zero-order valence-corrected chi connectivity index (χ0v) is 17.0. The van der Waals surface area contributed by atoms with E-state index in [0.717, 1.165) is 19.4 Å². The van der Waals surface area contributed by atoms with E-state index < -0.39 is 0 Å². The first-order valence-electron chi connectivity index (χ1n) is 9.98. The standard InChI is InChI=1S/C20H31N3O5/c1-4-26-16-13-15(14-17(27-5-2)19(16)28-6-3)22-20(25)21-10-8-12-23-11-7-9-18(23)24/h13-14H,4-12H2,1-3H3,(H2,21,22,25). The number of carbonyl (C=O) groups excluding carboxylic acids is 2. The molecule has 8 nitrogen and oxygen atoms in total. The molecule has 2 N–H and O–H groups in total. The van der Waals surface area contributed by atoms with Crippen LogP contribution >= 0.6 is 0 Å². The summed E-state index contributed by atoms with van der Waals surface area (Å²) in [5.41, 5.74) is 0.558. The van der Waals surface area contributed by atoms with Gasteiger partial charge in [0.25, 0.3) is 0 Å². The largest absolute Gasteiger partial charge is 0.490 e. The second kappa shape index (κ2) is 11.3. The van der Waals surface area contributed by atoms with Crippen molar-refractivity contribution < 1.29 is 23.8 Å². The summed E-state index contributed by atoms with van der Waals surface area (Å²) >= 11 is 0. The molecule has 0 unspecified atom stereocenters. The number of nitrogens with one attached hydrogen (secondary N) is 2. The smallest absolute Gasteiger partial charge is 0.319 e. The lowest BCUT2D eigenvalue weighted by molar-refractivity contribution is -0.127. The maximum absolute atomic E-state index is 12.2. The predicted molar refractivity (Wildman–Crippen MR) is 107 cm³/mol. The van der Waals surface area contributed by atoms with E-state index in [1.54, 1.807) is 12.1 Å². The lowest BCUT2D eigenvalue weighted by atomic mass is 10.2. The Kier molecular flexibility index (Phi) is 8.71. The summed E-state index contributed by atoms with van der Waals surface area (Å²) in [6.45, 7) is 9.05. The maximum atomic E-state index is 12.2. The Bertz CT molecular complexity index is 638. The molecule has 2 rings (SSSR count). The Morgan fingerprint density at radius 2 is 1.71 bits per heavy atom. The van der Waals surface area contributed by atoms with E-state index in [4.69, 9.17) is 14.2 Å². The van der Waals surface area contributed by atoms with Crippen molar-refractivity contribution >= 4 is 17.6 Å². The predicted octanol–water partition coefficient (Wildman–Crippen LogP) is 3.02. The Morgan fingerprint density at radius 3 is 2.25 bits per heavy atom. The van der Waals surface area contributed by atoms with Crippen molar-refractivity contribution in [2.24, 2.45) is 0 Å². The molecule has 1 aliphatic heterocycles. The van der Waals surface area contributed by atoms with Crippen LogP contribution in [0, 0.1) is 0 Å². The summed E-state index contributed by atoms with van der Waals surface area (Å²) in [7, 11) is 0. The zero-order valence-electron chi connectivity index (χ0n) is 17.0. The molecule has 0 spiro atoms. The number of rotatable bonds is 11. The fourth-order valence-electron chi connectivity index (χ4n) is 3.05. The van der Waals surface area contributed by atoms with E-state index in [-0.39, 0.29) is 11.9 Å². The van der Waals surface area contributed by atoms with Gasteiger partial charge in [-0.3, -0.25) is 4.79 Å². The normalized spacial score (nSPS) is 13.4. The molecule has 156 valence electrons. The molecule has 28 heavy (non-hydrogen) atoms. The SMILES string of the molecule is CCOc1cc(NC(=O)NCCCN2CCCC2=O)cc(OCC)c1OCC.